The van der Waals surface area contributed by atoms with Gasteiger partial charge in [0.25, 0.3) is 0 Å². The lowest BCUT2D eigenvalue weighted by Crippen LogP contribution is -2.46. The van der Waals surface area contributed by atoms with Gasteiger partial charge in [-0.05, 0) is 25.7 Å². The summed E-state index contributed by atoms with van der Waals surface area (Å²) >= 11 is 0. The fourth-order valence-electron chi connectivity index (χ4n) is 1.45. The largest absolute Gasteiger partial charge is 0.480 e. The van der Waals surface area contributed by atoms with E-state index < -0.39 is 16.8 Å². The van der Waals surface area contributed by atoms with Crippen molar-refractivity contribution in [3.05, 3.63) is 0 Å². The van der Waals surface area contributed by atoms with Gasteiger partial charge < -0.3 is 15.3 Å². The standard InChI is InChI=1S/C11H20N2O4S/c1-8(18(2)17)5-12-11(16)13(7-10(14)15)6-9-3-4-9/h8-9H,3-7H2,1-2H3,(H,12,16)(H,14,15). The maximum atomic E-state index is 11.8. The highest BCUT2D eigenvalue weighted by Gasteiger charge is 2.28. The molecule has 6 nitrogen and oxygen atoms in total. The van der Waals surface area contributed by atoms with Crippen molar-refractivity contribution in [1.29, 1.82) is 0 Å². The number of carbonyl (C=O) groups is 2. The molecule has 18 heavy (non-hydrogen) atoms. The first-order valence-corrected chi connectivity index (χ1v) is 7.59. The van der Waals surface area contributed by atoms with E-state index in [1.807, 2.05) is 0 Å². The first kappa shape index (κ1) is 14.9. The third-order valence-corrected chi connectivity index (χ3v) is 4.20. The van der Waals surface area contributed by atoms with Gasteiger partial charge in [0.05, 0.1) is 0 Å². The highest BCUT2D eigenvalue weighted by Crippen LogP contribution is 2.29. The molecule has 0 radical (unpaired) electrons. The van der Waals surface area contributed by atoms with Crippen molar-refractivity contribution >= 4 is 22.8 Å². The Balaban J connectivity index is 2.42. The molecule has 1 aliphatic rings. The Labute approximate surface area is 109 Å². The van der Waals surface area contributed by atoms with Crippen molar-refractivity contribution in [3.63, 3.8) is 0 Å². The first-order chi connectivity index (χ1) is 8.40. The Morgan fingerprint density at radius 1 is 1.50 bits per heavy atom. The third kappa shape index (κ3) is 5.48. The number of aliphatic carboxylic acids is 1. The summed E-state index contributed by atoms with van der Waals surface area (Å²) < 4.78 is 11.1. The van der Waals surface area contributed by atoms with Crippen molar-refractivity contribution in [1.82, 2.24) is 10.2 Å². The summed E-state index contributed by atoms with van der Waals surface area (Å²) in [5.41, 5.74) is 0. The number of urea groups is 1. The van der Waals surface area contributed by atoms with E-state index in [1.54, 1.807) is 13.2 Å². The molecule has 2 unspecified atom stereocenters. The highest BCUT2D eigenvalue weighted by atomic mass is 32.2. The minimum atomic E-state index is -1.02. The number of carboxylic acids is 1. The molecule has 0 aromatic carbocycles. The van der Waals surface area contributed by atoms with Crippen molar-refractivity contribution < 1.29 is 18.9 Å². The van der Waals surface area contributed by atoms with Gasteiger partial charge in [-0.1, -0.05) is 0 Å². The van der Waals surface area contributed by atoms with Crippen LogP contribution in [0.4, 0.5) is 4.79 Å². The molecule has 0 spiro atoms. The van der Waals surface area contributed by atoms with Gasteiger partial charge in [0.15, 0.2) is 0 Å². The second-order valence-electron chi connectivity index (χ2n) is 4.71. The van der Waals surface area contributed by atoms with E-state index in [1.165, 1.54) is 4.90 Å². The number of carboxylic acid groups (broad SMARTS) is 1. The average molecular weight is 276 g/mol. The van der Waals surface area contributed by atoms with Gasteiger partial charge in [-0.15, -0.1) is 0 Å². The van der Waals surface area contributed by atoms with E-state index in [9.17, 15) is 13.8 Å². The lowest BCUT2D eigenvalue weighted by molar-refractivity contribution is -0.137. The first-order valence-electron chi connectivity index (χ1n) is 5.97. The summed E-state index contributed by atoms with van der Waals surface area (Å²) in [4.78, 5) is 23.8. The number of nitrogens with one attached hydrogen (secondary N) is 1. The second kappa shape index (κ2) is 6.72. The zero-order valence-corrected chi connectivity index (χ0v) is 11.5. The number of nitrogens with zero attached hydrogens (tertiary/aromatic N) is 1. The van der Waals surface area contributed by atoms with Crippen LogP contribution in [0.2, 0.25) is 0 Å². The molecule has 104 valence electrons. The summed E-state index contributed by atoms with van der Waals surface area (Å²) in [7, 11) is -0.999. The summed E-state index contributed by atoms with van der Waals surface area (Å²) in [5.74, 6) is -0.578. The van der Waals surface area contributed by atoms with Gasteiger partial charge in [0.2, 0.25) is 0 Å². The lowest BCUT2D eigenvalue weighted by Gasteiger charge is -2.21. The topological polar surface area (TPSA) is 86.7 Å². The summed E-state index contributed by atoms with van der Waals surface area (Å²) in [6.07, 6.45) is 3.69. The number of hydrogen-bond donors (Lipinski definition) is 2. The van der Waals surface area contributed by atoms with Crippen LogP contribution in [-0.2, 0) is 15.6 Å². The van der Waals surface area contributed by atoms with Gasteiger partial charge in [0.1, 0.15) is 6.54 Å². The van der Waals surface area contributed by atoms with Gasteiger partial charge in [0, 0.05) is 35.4 Å². The average Bonchev–Trinajstić information content (AvgIpc) is 3.07. The van der Waals surface area contributed by atoms with Gasteiger partial charge >= 0.3 is 12.0 Å². The number of rotatable bonds is 7. The minimum Gasteiger partial charge on any atom is -0.480 e. The van der Waals surface area contributed by atoms with Crippen LogP contribution < -0.4 is 5.32 Å². The van der Waals surface area contributed by atoms with Crippen molar-refractivity contribution in [3.8, 4) is 0 Å². The Bertz CT molecular complexity index is 344. The zero-order valence-electron chi connectivity index (χ0n) is 10.7. The minimum absolute atomic E-state index is 0.137. The Morgan fingerprint density at radius 2 is 2.11 bits per heavy atom. The quantitative estimate of drug-likeness (QED) is 0.698. The molecule has 1 aliphatic carbocycles. The van der Waals surface area contributed by atoms with Crippen LogP contribution in [0.25, 0.3) is 0 Å². The molecule has 2 atom stereocenters. The SMILES string of the molecule is CC(CNC(=O)N(CC(=O)O)CC1CC1)S(C)=O. The molecular formula is C11H20N2O4S. The molecule has 0 aromatic rings. The molecule has 2 N–H and O–H groups in total. The van der Waals surface area contributed by atoms with E-state index in [2.05, 4.69) is 5.32 Å². The molecule has 1 saturated carbocycles. The maximum absolute atomic E-state index is 11.8. The molecule has 0 saturated heterocycles. The summed E-state index contributed by atoms with van der Waals surface area (Å²) in [6.45, 7) is 2.27. The third-order valence-electron chi connectivity index (χ3n) is 2.90. The number of carbonyl (C=O) groups excluding carboxylic acids is 1. The molecule has 1 rings (SSSR count). The smallest absolute Gasteiger partial charge is 0.323 e. The highest BCUT2D eigenvalue weighted by molar-refractivity contribution is 7.84. The van der Waals surface area contributed by atoms with E-state index in [4.69, 9.17) is 5.11 Å². The fourth-order valence-corrected chi connectivity index (χ4v) is 1.77. The molecule has 2 amide bonds. The monoisotopic (exact) mass is 276 g/mol. The predicted molar refractivity (Wildman–Crippen MR) is 68.9 cm³/mol. The summed E-state index contributed by atoms with van der Waals surface area (Å²) in [5, 5.41) is 11.3. The maximum Gasteiger partial charge on any atom is 0.323 e. The van der Waals surface area contributed by atoms with Crippen LogP contribution in [-0.4, -0.2) is 57.4 Å². The van der Waals surface area contributed by atoms with E-state index in [-0.39, 0.29) is 17.8 Å². The van der Waals surface area contributed by atoms with Crippen LogP contribution in [0, 0.1) is 5.92 Å². The van der Waals surface area contributed by atoms with Crippen LogP contribution in [0.5, 0.6) is 0 Å². The number of amides is 2. The Morgan fingerprint density at radius 3 is 2.56 bits per heavy atom. The molecule has 0 heterocycles. The number of hydrogen-bond acceptors (Lipinski definition) is 3. The van der Waals surface area contributed by atoms with Crippen LogP contribution in [0.1, 0.15) is 19.8 Å². The lowest BCUT2D eigenvalue weighted by atomic mass is 10.3. The second-order valence-corrected chi connectivity index (χ2v) is 6.51. The van der Waals surface area contributed by atoms with Crippen molar-refractivity contribution in [2.24, 2.45) is 5.92 Å². The van der Waals surface area contributed by atoms with Gasteiger partial charge in [-0.25, -0.2) is 4.79 Å². The molecule has 7 heteroatoms. The normalized spacial score (nSPS) is 17.9. The molecule has 1 fully saturated rings. The molecule has 0 bridgehead atoms. The van der Waals surface area contributed by atoms with E-state index in [0.717, 1.165) is 12.8 Å². The molecule has 0 aromatic heterocycles. The Hall–Kier alpha value is -1.11. The van der Waals surface area contributed by atoms with E-state index in [0.29, 0.717) is 19.0 Å². The van der Waals surface area contributed by atoms with Gasteiger partial charge in [-0.3, -0.25) is 9.00 Å². The molecular weight excluding hydrogens is 256 g/mol. The summed E-state index contributed by atoms with van der Waals surface area (Å²) in [6, 6.07) is -0.387. The van der Waals surface area contributed by atoms with Gasteiger partial charge in [-0.2, -0.15) is 0 Å². The van der Waals surface area contributed by atoms with Crippen molar-refractivity contribution in [2.45, 2.75) is 25.0 Å². The van der Waals surface area contributed by atoms with Crippen molar-refractivity contribution in [2.75, 3.05) is 25.9 Å². The molecule has 0 aliphatic heterocycles. The fraction of sp³-hybridized carbons (Fsp3) is 0.818. The van der Waals surface area contributed by atoms with Crippen LogP contribution in [0.3, 0.4) is 0 Å². The van der Waals surface area contributed by atoms with Crippen LogP contribution >= 0.6 is 0 Å². The Kier molecular flexibility index (Phi) is 5.58. The van der Waals surface area contributed by atoms with E-state index >= 15 is 0 Å². The van der Waals surface area contributed by atoms with Crippen LogP contribution in [0.15, 0.2) is 0 Å². The zero-order chi connectivity index (χ0) is 13.7. The predicted octanol–water partition coefficient (Wildman–Crippen LogP) is 0.260.